The number of nitrogens with zero attached hydrogens (tertiary/aromatic N) is 3. The van der Waals surface area contributed by atoms with Crippen LogP contribution in [0.2, 0.25) is 0 Å². The summed E-state index contributed by atoms with van der Waals surface area (Å²) in [6, 6.07) is 22.4. The van der Waals surface area contributed by atoms with Crippen LogP contribution in [-0.4, -0.2) is 24.6 Å². The second-order valence-electron chi connectivity index (χ2n) is 9.53. The Morgan fingerprint density at radius 3 is 2.32 bits per heavy atom. The highest BCUT2D eigenvalue weighted by Gasteiger charge is 2.18. The first kappa shape index (κ1) is 28.7. The number of aromatic nitrogens is 2. The summed E-state index contributed by atoms with van der Waals surface area (Å²) in [6.07, 6.45) is 6.29. The first-order chi connectivity index (χ1) is 19.6. The van der Waals surface area contributed by atoms with E-state index in [0.717, 1.165) is 31.2 Å². The maximum atomic E-state index is 13.3. The Morgan fingerprint density at radius 2 is 1.63 bits per heavy atom. The third kappa shape index (κ3) is 5.82. The predicted octanol–water partition coefficient (Wildman–Crippen LogP) is 3.97. The molecule has 5 aromatic rings. The van der Waals surface area contributed by atoms with E-state index in [0.29, 0.717) is 6.54 Å². The number of benzene rings is 3. The van der Waals surface area contributed by atoms with Gasteiger partial charge in [0.2, 0.25) is 5.52 Å². The van der Waals surface area contributed by atoms with E-state index in [1.165, 1.54) is 27.9 Å². The van der Waals surface area contributed by atoms with Gasteiger partial charge in [-0.3, -0.25) is 9.36 Å². The maximum Gasteiger partial charge on any atom is 0.271 e. The fourth-order valence-electron chi connectivity index (χ4n) is 4.62. The highest BCUT2D eigenvalue weighted by Crippen LogP contribution is 2.29. The summed E-state index contributed by atoms with van der Waals surface area (Å²) in [5.41, 5.74) is 5.44. The highest BCUT2D eigenvalue weighted by atomic mass is 32.2. The lowest BCUT2D eigenvalue weighted by molar-refractivity contribution is -0.642. The number of rotatable bonds is 3. The standard InChI is InChI=1S/C24H22N3OS2.C7H8O3S/c1-4-27-22(15-21-26(3)18-11-7-8-12-20(18)29-21)30-23(24(27)28)19-14-13-16-9-5-6-10-17(16)25(19)2;1-6-2-4-7(5-3-6)11(8,9)10/h5-15H,4H2,1-3H3;2-5H,1H3,(H,8,9,10)/q+1;/p-1. The van der Waals surface area contributed by atoms with Crippen molar-refractivity contribution in [1.82, 2.24) is 4.57 Å². The van der Waals surface area contributed by atoms with Gasteiger partial charge in [0.1, 0.15) is 31.1 Å². The molecule has 10 heteroatoms. The fourth-order valence-corrected chi connectivity index (χ4v) is 7.46. The molecule has 0 amide bonds. The molecule has 6 rings (SSSR count). The molecule has 0 radical (unpaired) electrons. The third-order valence-electron chi connectivity index (χ3n) is 6.87. The van der Waals surface area contributed by atoms with Crippen molar-refractivity contribution in [2.45, 2.75) is 25.3 Å². The molecule has 3 aromatic carbocycles. The van der Waals surface area contributed by atoms with E-state index >= 15 is 0 Å². The van der Waals surface area contributed by atoms with Gasteiger partial charge in [-0.05, 0) is 49.8 Å². The minimum absolute atomic E-state index is 0.0726. The van der Waals surface area contributed by atoms with Crippen molar-refractivity contribution in [1.29, 1.82) is 0 Å². The molecule has 0 aliphatic carbocycles. The Morgan fingerprint density at radius 1 is 0.951 bits per heavy atom. The summed E-state index contributed by atoms with van der Waals surface area (Å²) < 4.78 is 38.2. The number of thiazole rings is 2. The molecule has 0 bridgehead atoms. The molecule has 2 aromatic heterocycles. The molecule has 0 spiro atoms. The SMILES string of the molecule is CCn1c(=Cc2sc3ccccc3[n+]2C)sc(=C2C=Cc3ccccc3N2C)c1=O.Cc1ccc(S(=O)(=O)[O-])cc1. The summed E-state index contributed by atoms with van der Waals surface area (Å²) in [7, 11) is -0.159. The number of fused-ring (bicyclic) bond motifs is 2. The quantitative estimate of drug-likeness (QED) is 0.230. The summed E-state index contributed by atoms with van der Waals surface area (Å²) >= 11 is 3.31. The molecule has 41 heavy (non-hydrogen) atoms. The van der Waals surface area contributed by atoms with Crippen LogP contribution in [0.15, 0.2) is 88.6 Å². The van der Waals surface area contributed by atoms with Crippen LogP contribution < -0.4 is 24.2 Å². The van der Waals surface area contributed by atoms with E-state index in [1.807, 2.05) is 37.6 Å². The zero-order valence-electron chi connectivity index (χ0n) is 23.1. The Labute approximate surface area is 246 Å². The molecule has 0 saturated heterocycles. The second-order valence-corrected chi connectivity index (χ2v) is 13.0. The number of likely N-dealkylation sites (N-methyl/N-ethyl adjacent to an activating group) is 1. The van der Waals surface area contributed by atoms with Gasteiger partial charge in [0.25, 0.3) is 10.6 Å². The van der Waals surface area contributed by atoms with Crippen molar-refractivity contribution in [2.24, 2.45) is 7.05 Å². The predicted molar refractivity (Wildman–Crippen MR) is 167 cm³/mol. The summed E-state index contributed by atoms with van der Waals surface area (Å²) in [5.74, 6) is 0. The minimum atomic E-state index is -4.27. The van der Waals surface area contributed by atoms with Crippen molar-refractivity contribution in [3.8, 4) is 0 Å². The molecule has 0 fully saturated rings. The molecular formula is C31H29N3O4S3. The van der Waals surface area contributed by atoms with Gasteiger partial charge in [0, 0.05) is 25.3 Å². The van der Waals surface area contributed by atoms with Crippen LogP contribution in [0.3, 0.4) is 0 Å². The van der Waals surface area contributed by atoms with Gasteiger partial charge < -0.3 is 9.45 Å². The maximum absolute atomic E-state index is 13.3. The van der Waals surface area contributed by atoms with Gasteiger partial charge in [0.05, 0.1) is 16.7 Å². The zero-order chi connectivity index (χ0) is 29.3. The van der Waals surface area contributed by atoms with Gasteiger partial charge in [-0.2, -0.15) is 4.57 Å². The summed E-state index contributed by atoms with van der Waals surface area (Å²) in [5, 5.41) is 1.13. The average Bonchev–Trinajstić information content (AvgIpc) is 3.44. The van der Waals surface area contributed by atoms with Crippen molar-refractivity contribution < 1.29 is 17.5 Å². The number of hydrogen-bond donors (Lipinski definition) is 0. The molecule has 210 valence electrons. The molecule has 0 unspecified atom stereocenters. The Balaban J connectivity index is 0.000000259. The van der Waals surface area contributed by atoms with Crippen LogP contribution in [-0.2, 0) is 23.7 Å². The smallest absolute Gasteiger partial charge is 0.271 e. The van der Waals surface area contributed by atoms with Crippen LogP contribution in [0.1, 0.15) is 23.1 Å². The Kier molecular flexibility index (Phi) is 8.10. The van der Waals surface area contributed by atoms with Gasteiger partial charge in [-0.15, -0.1) is 11.3 Å². The monoisotopic (exact) mass is 603 g/mol. The Bertz CT molecular complexity index is 2070. The van der Waals surface area contributed by atoms with E-state index in [4.69, 9.17) is 0 Å². The number of anilines is 1. The molecule has 7 nitrogen and oxygen atoms in total. The van der Waals surface area contributed by atoms with Crippen molar-refractivity contribution in [2.75, 3.05) is 11.9 Å². The molecule has 3 heterocycles. The number of aryl methyl sites for hydroxylation is 2. The fraction of sp³-hybridized carbons (Fsp3) is 0.161. The minimum Gasteiger partial charge on any atom is -0.744 e. The van der Waals surface area contributed by atoms with Crippen molar-refractivity contribution in [3.63, 3.8) is 0 Å². The van der Waals surface area contributed by atoms with Crippen LogP contribution in [0.25, 0.3) is 28.1 Å². The highest BCUT2D eigenvalue weighted by molar-refractivity contribution is 7.85. The molecule has 0 N–H and O–H groups in total. The van der Waals surface area contributed by atoms with Gasteiger partial charge in [0.15, 0.2) is 0 Å². The first-order valence-electron chi connectivity index (χ1n) is 12.9. The normalized spacial score (nSPS) is 14.7. The lowest BCUT2D eigenvalue weighted by Crippen LogP contribution is -2.35. The van der Waals surface area contributed by atoms with E-state index in [1.54, 1.807) is 34.8 Å². The van der Waals surface area contributed by atoms with Crippen LogP contribution in [0, 0.1) is 6.92 Å². The molecule has 0 atom stereocenters. The van der Waals surface area contributed by atoms with Gasteiger partial charge in [-0.1, -0.05) is 65.4 Å². The summed E-state index contributed by atoms with van der Waals surface area (Å²) in [6.45, 7) is 4.49. The lowest BCUT2D eigenvalue weighted by atomic mass is 10.1. The third-order valence-corrected chi connectivity index (χ3v) is 10.0. The summed E-state index contributed by atoms with van der Waals surface area (Å²) in [4.78, 5) is 15.2. The Hall–Kier alpha value is -3.83. The van der Waals surface area contributed by atoms with Crippen LogP contribution in [0.4, 0.5) is 5.69 Å². The van der Waals surface area contributed by atoms with Crippen LogP contribution in [0.5, 0.6) is 0 Å². The molecule has 1 aliphatic rings. The first-order valence-corrected chi connectivity index (χ1v) is 16.0. The lowest BCUT2D eigenvalue weighted by Gasteiger charge is -2.25. The molecule has 0 saturated carbocycles. The topological polar surface area (TPSA) is 86.3 Å². The number of para-hydroxylation sites is 2. The van der Waals surface area contributed by atoms with E-state index in [-0.39, 0.29) is 10.5 Å². The second kappa shape index (κ2) is 11.6. The van der Waals surface area contributed by atoms with Crippen molar-refractivity contribution >= 4 is 66.5 Å². The van der Waals surface area contributed by atoms with Crippen LogP contribution >= 0.6 is 22.7 Å². The van der Waals surface area contributed by atoms with E-state index in [9.17, 15) is 17.8 Å². The van der Waals surface area contributed by atoms with Gasteiger partial charge in [-0.25, -0.2) is 8.42 Å². The van der Waals surface area contributed by atoms with Crippen molar-refractivity contribution in [3.05, 3.63) is 115 Å². The number of hydrogen-bond acceptors (Lipinski definition) is 7. The zero-order valence-corrected chi connectivity index (χ0v) is 25.5. The average molecular weight is 604 g/mol. The molecular weight excluding hydrogens is 575 g/mol. The van der Waals surface area contributed by atoms with Gasteiger partial charge >= 0.3 is 0 Å². The largest absolute Gasteiger partial charge is 0.744 e. The van der Waals surface area contributed by atoms with E-state index in [2.05, 4.69) is 71.1 Å². The molecule has 1 aliphatic heterocycles. The van der Waals surface area contributed by atoms with E-state index < -0.39 is 10.1 Å².